The zero-order chi connectivity index (χ0) is 12.6. The van der Waals surface area contributed by atoms with E-state index < -0.39 is 0 Å². The Bertz CT molecular complexity index is 456. The molecule has 4 nitrogen and oxygen atoms in total. The van der Waals surface area contributed by atoms with E-state index in [9.17, 15) is 10.1 Å². The molecule has 1 aliphatic rings. The number of hydrogen-bond acceptors (Lipinski definition) is 3. The number of rotatable bonds is 4. The molecule has 17 heavy (non-hydrogen) atoms. The van der Waals surface area contributed by atoms with Gasteiger partial charge in [-0.2, -0.15) is 0 Å². The van der Waals surface area contributed by atoms with Crippen LogP contribution in [0.4, 0.5) is 5.69 Å². The molecule has 0 radical (unpaired) electrons. The van der Waals surface area contributed by atoms with Gasteiger partial charge in [-0.3, -0.25) is 10.1 Å². The molecule has 0 spiro atoms. The molecule has 0 aliphatic heterocycles. The minimum absolute atomic E-state index is 0.0371. The Morgan fingerprint density at radius 2 is 2.24 bits per heavy atom. The molecule has 1 atom stereocenters. The highest BCUT2D eigenvalue weighted by Gasteiger charge is 2.46. The molecule has 0 aromatic heterocycles. The number of nitrogens with two attached hydrogens (primary N) is 1. The van der Waals surface area contributed by atoms with Gasteiger partial charge in [-0.05, 0) is 43.7 Å². The maximum absolute atomic E-state index is 10.9. The maximum atomic E-state index is 10.9. The normalized spacial score (nSPS) is 18.8. The first kappa shape index (κ1) is 12.3. The lowest BCUT2D eigenvalue weighted by atomic mass is 9.90. The monoisotopic (exact) mass is 254 g/mol. The van der Waals surface area contributed by atoms with Gasteiger partial charge in [0.1, 0.15) is 0 Å². The van der Waals surface area contributed by atoms with E-state index in [1.165, 1.54) is 6.07 Å². The third-order valence-electron chi connectivity index (χ3n) is 3.64. The molecule has 2 rings (SSSR count). The zero-order valence-corrected chi connectivity index (χ0v) is 10.4. The Labute approximate surface area is 105 Å². The lowest BCUT2D eigenvalue weighted by Gasteiger charge is -2.19. The quantitative estimate of drug-likeness (QED) is 0.663. The van der Waals surface area contributed by atoms with Gasteiger partial charge in [0.25, 0.3) is 5.69 Å². The average Bonchev–Trinajstić information content (AvgIpc) is 2.98. The highest BCUT2D eigenvalue weighted by atomic mass is 35.5. The molecule has 1 fully saturated rings. The Balaban J connectivity index is 2.31. The minimum Gasteiger partial charge on any atom is -0.327 e. The summed E-state index contributed by atoms with van der Waals surface area (Å²) in [6, 6.07) is 4.76. The Kier molecular flexibility index (Phi) is 3.10. The van der Waals surface area contributed by atoms with E-state index in [0.717, 1.165) is 12.8 Å². The molecule has 1 aliphatic carbocycles. The largest absolute Gasteiger partial charge is 0.327 e. The third kappa shape index (κ3) is 2.42. The Morgan fingerprint density at radius 1 is 1.59 bits per heavy atom. The first-order chi connectivity index (χ1) is 7.94. The number of nitro benzene ring substituents is 1. The lowest BCUT2D eigenvalue weighted by molar-refractivity contribution is -0.385. The minimum atomic E-state index is -0.358. The van der Waals surface area contributed by atoms with Crippen LogP contribution in [0.25, 0.3) is 0 Å². The van der Waals surface area contributed by atoms with Crippen LogP contribution in [0.3, 0.4) is 0 Å². The third-order valence-corrected chi connectivity index (χ3v) is 3.87. The van der Waals surface area contributed by atoms with Gasteiger partial charge >= 0.3 is 0 Å². The van der Waals surface area contributed by atoms with Crippen molar-refractivity contribution < 1.29 is 4.92 Å². The summed E-state index contributed by atoms with van der Waals surface area (Å²) in [5.41, 5.74) is 6.81. The average molecular weight is 255 g/mol. The van der Waals surface area contributed by atoms with Gasteiger partial charge in [0.15, 0.2) is 0 Å². The van der Waals surface area contributed by atoms with E-state index in [1.54, 1.807) is 12.1 Å². The molecule has 1 saturated carbocycles. The summed E-state index contributed by atoms with van der Waals surface area (Å²) in [6.07, 6.45) is 2.71. The number of hydrogen-bond donors (Lipinski definition) is 1. The number of benzene rings is 1. The molecule has 92 valence electrons. The SMILES string of the molecule is CC(N)C1(Cc2cc(Cl)ccc2[N+](=O)[O-])CC1. The van der Waals surface area contributed by atoms with Crippen LogP contribution >= 0.6 is 11.6 Å². The molecule has 0 saturated heterocycles. The van der Waals surface area contributed by atoms with Crippen LogP contribution < -0.4 is 5.73 Å². The van der Waals surface area contributed by atoms with E-state index in [2.05, 4.69) is 0 Å². The van der Waals surface area contributed by atoms with Crippen molar-refractivity contribution in [2.45, 2.75) is 32.2 Å². The van der Waals surface area contributed by atoms with Gasteiger partial charge in [-0.25, -0.2) is 0 Å². The van der Waals surface area contributed by atoms with Crippen LogP contribution in [-0.2, 0) is 6.42 Å². The van der Waals surface area contributed by atoms with Crippen molar-refractivity contribution in [1.82, 2.24) is 0 Å². The second-order valence-corrected chi connectivity index (χ2v) is 5.29. The topological polar surface area (TPSA) is 69.2 Å². The highest BCUT2D eigenvalue weighted by Crippen LogP contribution is 2.51. The van der Waals surface area contributed by atoms with Gasteiger partial charge in [0.05, 0.1) is 4.92 Å². The van der Waals surface area contributed by atoms with Gasteiger partial charge < -0.3 is 5.73 Å². The van der Waals surface area contributed by atoms with Crippen LogP contribution in [0, 0.1) is 15.5 Å². The van der Waals surface area contributed by atoms with Gasteiger partial charge in [-0.15, -0.1) is 0 Å². The number of nitrogens with zero attached hydrogens (tertiary/aromatic N) is 1. The Hall–Kier alpha value is -1.13. The number of nitro groups is 1. The number of halogens is 1. The van der Waals surface area contributed by atoms with Crippen molar-refractivity contribution in [2.24, 2.45) is 11.1 Å². The molecule has 2 N–H and O–H groups in total. The summed E-state index contributed by atoms with van der Waals surface area (Å²) in [6.45, 7) is 1.96. The summed E-state index contributed by atoms with van der Waals surface area (Å²) >= 11 is 5.90. The second kappa shape index (κ2) is 4.27. The van der Waals surface area contributed by atoms with Crippen LogP contribution in [0.5, 0.6) is 0 Å². The van der Waals surface area contributed by atoms with Crippen LogP contribution in [0.1, 0.15) is 25.3 Å². The smallest absolute Gasteiger partial charge is 0.272 e. The second-order valence-electron chi connectivity index (χ2n) is 4.86. The fourth-order valence-electron chi connectivity index (χ4n) is 2.21. The lowest BCUT2D eigenvalue weighted by Crippen LogP contribution is -2.30. The standard InChI is InChI=1S/C12H15ClN2O2/c1-8(14)12(4-5-12)7-9-6-10(13)2-3-11(9)15(16)17/h2-3,6,8H,4-5,7,14H2,1H3. The fraction of sp³-hybridized carbons (Fsp3) is 0.500. The first-order valence-electron chi connectivity index (χ1n) is 5.63. The van der Waals surface area contributed by atoms with Crippen LogP contribution in [0.2, 0.25) is 5.02 Å². The Morgan fingerprint density at radius 3 is 2.71 bits per heavy atom. The summed E-state index contributed by atoms with van der Waals surface area (Å²) in [5, 5.41) is 11.5. The molecule has 0 bridgehead atoms. The molecule has 0 amide bonds. The molecule has 0 heterocycles. The molecule has 5 heteroatoms. The summed E-state index contributed by atoms with van der Waals surface area (Å²) in [4.78, 5) is 10.6. The van der Waals surface area contributed by atoms with Gasteiger partial charge in [0, 0.05) is 22.7 Å². The van der Waals surface area contributed by atoms with E-state index in [4.69, 9.17) is 17.3 Å². The van der Waals surface area contributed by atoms with E-state index in [0.29, 0.717) is 17.0 Å². The molecule has 1 unspecified atom stereocenters. The summed E-state index contributed by atoms with van der Waals surface area (Å²) < 4.78 is 0. The first-order valence-corrected chi connectivity index (χ1v) is 6.01. The van der Waals surface area contributed by atoms with Crippen molar-refractivity contribution in [2.75, 3.05) is 0 Å². The predicted molar refractivity (Wildman–Crippen MR) is 67.1 cm³/mol. The maximum Gasteiger partial charge on any atom is 0.272 e. The predicted octanol–water partition coefficient (Wildman–Crippen LogP) is 2.92. The molecular formula is C12H15ClN2O2. The van der Waals surface area contributed by atoms with Crippen molar-refractivity contribution in [1.29, 1.82) is 0 Å². The summed E-state index contributed by atoms with van der Waals surface area (Å²) in [7, 11) is 0. The van der Waals surface area contributed by atoms with Crippen molar-refractivity contribution in [3.63, 3.8) is 0 Å². The fourth-order valence-corrected chi connectivity index (χ4v) is 2.40. The van der Waals surface area contributed by atoms with E-state index in [1.807, 2.05) is 6.92 Å². The molecular weight excluding hydrogens is 240 g/mol. The van der Waals surface area contributed by atoms with E-state index in [-0.39, 0.29) is 22.1 Å². The van der Waals surface area contributed by atoms with Gasteiger partial charge in [-0.1, -0.05) is 11.6 Å². The molecule has 1 aromatic rings. The van der Waals surface area contributed by atoms with Crippen molar-refractivity contribution in [3.8, 4) is 0 Å². The van der Waals surface area contributed by atoms with Crippen LogP contribution in [0.15, 0.2) is 18.2 Å². The van der Waals surface area contributed by atoms with Crippen molar-refractivity contribution in [3.05, 3.63) is 38.9 Å². The van der Waals surface area contributed by atoms with Crippen LogP contribution in [-0.4, -0.2) is 11.0 Å². The van der Waals surface area contributed by atoms with Crippen molar-refractivity contribution >= 4 is 17.3 Å². The van der Waals surface area contributed by atoms with E-state index >= 15 is 0 Å². The van der Waals surface area contributed by atoms with Gasteiger partial charge in [0.2, 0.25) is 0 Å². The molecule has 1 aromatic carbocycles. The highest BCUT2D eigenvalue weighted by molar-refractivity contribution is 6.30. The summed E-state index contributed by atoms with van der Waals surface area (Å²) in [5.74, 6) is 0. The zero-order valence-electron chi connectivity index (χ0n) is 9.65.